The monoisotopic (exact) mass is 488 g/mol. The Balaban J connectivity index is 1.60. The van der Waals surface area contributed by atoms with Crippen LogP contribution in [0.2, 0.25) is 0 Å². The molecule has 4 aromatic rings. The van der Waals surface area contributed by atoms with Crippen LogP contribution in [0.5, 0.6) is 0 Å². The molecule has 1 amide bonds. The fourth-order valence-electron chi connectivity index (χ4n) is 3.91. The van der Waals surface area contributed by atoms with Gasteiger partial charge in [0.05, 0.1) is 23.3 Å². The third kappa shape index (κ3) is 4.98. The van der Waals surface area contributed by atoms with Crippen LogP contribution in [0.15, 0.2) is 72.0 Å². The normalized spacial score (nSPS) is 13.9. The molecule has 0 aliphatic heterocycles. The van der Waals surface area contributed by atoms with E-state index < -0.39 is 9.84 Å². The van der Waals surface area contributed by atoms with E-state index >= 15 is 0 Å². The van der Waals surface area contributed by atoms with Gasteiger partial charge in [0.15, 0.2) is 20.5 Å². The van der Waals surface area contributed by atoms with E-state index in [0.29, 0.717) is 29.4 Å². The number of nitrogens with one attached hydrogen (secondary N) is 1. The number of carbonyl (C=O) groups excluding carboxylic acids is 1. The summed E-state index contributed by atoms with van der Waals surface area (Å²) in [6, 6.07) is 17.1. The molecular weight excluding hydrogens is 460 g/mol. The zero-order chi connectivity index (χ0) is 24.6. The number of nitrogens with zero attached hydrogens (tertiary/aromatic N) is 3. The molecule has 8 heteroatoms. The van der Waals surface area contributed by atoms with Crippen molar-refractivity contribution in [1.29, 1.82) is 0 Å². The molecule has 0 radical (unpaired) electrons. The lowest BCUT2D eigenvalue weighted by atomic mass is 10.1. The molecule has 180 valence electrons. The smallest absolute Gasteiger partial charge is 0.251 e. The maximum Gasteiger partial charge on any atom is 0.251 e. The predicted molar refractivity (Wildman–Crippen MR) is 136 cm³/mol. The summed E-state index contributed by atoms with van der Waals surface area (Å²) in [7, 11) is -3.65. The van der Waals surface area contributed by atoms with Gasteiger partial charge in [-0.1, -0.05) is 56.3 Å². The van der Waals surface area contributed by atoms with Crippen LogP contribution >= 0.6 is 0 Å². The SMILES string of the molecule is CC(C)CCS(=O)(=O)c1nc(-c2ccccc2)cn2c(-c3ccc(C(=O)NC4CC4)cc3)cnc12. The molecule has 7 nitrogen and oxygen atoms in total. The number of benzene rings is 2. The van der Waals surface area contributed by atoms with Crippen LogP contribution in [-0.2, 0) is 9.84 Å². The molecule has 1 aliphatic carbocycles. The molecule has 1 saturated carbocycles. The van der Waals surface area contributed by atoms with E-state index in [9.17, 15) is 13.2 Å². The minimum atomic E-state index is -3.65. The molecule has 0 atom stereocenters. The van der Waals surface area contributed by atoms with Gasteiger partial charge in [0.1, 0.15) is 0 Å². The zero-order valence-corrected chi connectivity index (χ0v) is 20.6. The number of hydrogen-bond acceptors (Lipinski definition) is 5. The maximum absolute atomic E-state index is 13.3. The van der Waals surface area contributed by atoms with Crippen molar-refractivity contribution in [3.8, 4) is 22.5 Å². The van der Waals surface area contributed by atoms with Crippen molar-refractivity contribution in [2.45, 2.75) is 44.2 Å². The average molecular weight is 489 g/mol. The van der Waals surface area contributed by atoms with Gasteiger partial charge in [-0.3, -0.25) is 9.20 Å². The molecule has 1 fully saturated rings. The minimum absolute atomic E-state index is 0.00816. The third-order valence-corrected chi connectivity index (χ3v) is 7.78. The van der Waals surface area contributed by atoms with E-state index in [-0.39, 0.29) is 22.6 Å². The van der Waals surface area contributed by atoms with Crippen molar-refractivity contribution >= 4 is 21.4 Å². The van der Waals surface area contributed by atoms with E-state index in [1.165, 1.54) is 0 Å². The van der Waals surface area contributed by atoms with E-state index in [4.69, 9.17) is 0 Å². The Labute approximate surface area is 205 Å². The summed E-state index contributed by atoms with van der Waals surface area (Å²) in [5.74, 6) is 0.189. The number of rotatable bonds is 8. The quantitative estimate of drug-likeness (QED) is 0.385. The van der Waals surface area contributed by atoms with Crippen LogP contribution in [0.4, 0.5) is 0 Å². The van der Waals surface area contributed by atoms with Crippen LogP contribution in [0.3, 0.4) is 0 Å². The van der Waals surface area contributed by atoms with Crippen LogP contribution < -0.4 is 5.32 Å². The molecule has 1 aliphatic rings. The van der Waals surface area contributed by atoms with Crippen LogP contribution in [0.1, 0.15) is 43.5 Å². The second-order valence-electron chi connectivity index (χ2n) is 9.46. The van der Waals surface area contributed by atoms with Crippen molar-refractivity contribution < 1.29 is 13.2 Å². The highest BCUT2D eigenvalue weighted by molar-refractivity contribution is 7.91. The van der Waals surface area contributed by atoms with Gasteiger partial charge in [-0.15, -0.1) is 0 Å². The molecule has 0 bridgehead atoms. The Hall–Kier alpha value is -3.52. The van der Waals surface area contributed by atoms with Crippen LogP contribution in [0.25, 0.3) is 28.2 Å². The molecule has 1 N–H and O–H groups in total. The molecule has 0 unspecified atom stereocenters. The highest BCUT2D eigenvalue weighted by Crippen LogP contribution is 2.29. The van der Waals surface area contributed by atoms with E-state index in [2.05, 4.69) is 15.3 Å². The second kappa shape index (κ2) is 9.26. The van der Waals surface area contributed by atoms with Gasteiger partial charge in [-0.05, 0) is 37.3 Å². The Morgan fingerprint density at radius 3 is 2.43 bits per heavy atom. The number of amides is 1. The summed E-state index contributed by atoms with van der Waals surface area (Å²) in [5, 5.41) is 2.98. The number of aromatic nitrogens is 3. The minimum Gasteiger partial charge on any atom is -0.349 e. The van der Waals surface area contributed by atoms with Crippen molar-refractivity contribution in [1.82, 2.24) is 19.7 Å². The molecule has 2 aromatic carbocycles. The molecule has 0 spiro atoms. The van der Waals surface area contributed by atoms with Crippen molar-refractivity contribution in [2.75, 3.05) is 5.75 Å². The molecule has 5 rings (SSSR count). The first-order valence-corrected chi connectivity index (χ1v) is 13.5. The van der Waals surface area contributed by atoms with E-state index in [0.717, 1.165) is 29.7 Å². The summed E-state index contributed by atoms with van der Waals surface area (Å²) in [6.07, 6.45) is 6.09. The number of hydrogen-bond donors (Lipinski definition) is 1. The Morgan fingerprint density at radius 2 is 1.77 bits per heavy atom. The van der Waals surface area contributed by atoms with Gasteiger partial charge in [-0.2, -0.15) is 0 Å². The lowest BCUT2D eigenvalue weighted by molar-refractivity contribution is 0.0951. The second-order valence-corrected chi connectivity index (χ2v) is 11.5. The number of carbonyl (C=O) groups is 1. The summed E-state index contributed by atoms with van der Waals surface area (Å²) >= 11 is 0. The summed E-state index contributed by atoms with van der Waals surface area (Å²) in [4.78, 5) is 21.4. The van der Waals surface area contributed by atoms with Gasteiger partial charge in [0.25, 0.3) is 5.91 Å². The van der Waals surface area contributed by atoms with Gasteiger partial charge in [-0.25, -0.2) is 18.4 Å². The Kier molecular flexibility index (Phi) is 6.15. The first-order chi connectivity index (χ1) is 16.8. The largest absolute Gasteiger partial charge is 0.349 e. The fraction of sp³-hybridized carbons (Fsp3) is 0.296. The van der Waals surface area contributed by atoms with Gasteiger partial charge < -0.3 is 5.32 Å². The third-order valence-electron chi connectivity index (χ3n) is 6.15. The highest BCUT2D eigenvalue weighted by Gasteiger charge is 2.25. The fourth-order valence-corrected chi connectivity index (χ4v) is 5.55. The van der Waals surface area contributed by atoms with E-state index in [1.807, 2.05) is 62.5 Å². The predicted octanol–water partition coefficient (Wildman–Crippen LogP) is 4.78. The highest BCUT2D eigenvalue weighted by atomic mass is 32.2. The Bertz CT molecular complexity index is 1470. The number of imidazole rings is 1. The van der Waals surface area contributed by atoms with Crippen molar-refractivity contribution in [2.24, 2.45) is 5.92 Å². The lowest BCUT2D eigenvalue weighted by Gasteiger charge is -2.11. The maximum atomic E-state index is 13.3. The van der Waals surface area contributed by atoms with Crippen molar-refractivity contribution in [3.05, 3.63) is 72.6 Å². The first-order valence-electron chi connectivity index (χ1n) is 11.9. The lowest BCUT2D eigenvalue weighted by Crippen LogP contribution is -2.25. The van der Waals surface area contributed by atoms with Crippen molar-refractivity contribution in [3.63, 3.8) is 0 Å². The Morgan fingerprint density at radius 1 is 1.06 bits per heavy atom. The molecule has 0 saturated heterocycles. The molecular formula is C27H28N4O3S. The summed E-state index contributed by atoms with van der Waals surface area (Å²) < 4.78 is 28.5. The van der Waals surface area contributed by atoms with Gasteiger partial charge >= 0.3 is 0 Å². The molecule has 2 heterocycles. The van der Waals surface area contributed by atoms with Crippen LogP contribution in [0, 0.1) is 5.92 Å². The molecule has 35 heavy (non-hydrogen) atoms. The van der Waals surface area contributed by atoms with Gasteiger partial charge in [0, 0.05) is 28.9 Å². The van der Waals surface area contributed by atoms with Gasteiger partial charge in [0.2, 0.25) is 0 Å². The number of sulfone groups is 1. The topological polar surface area (TPSA) is 93.4 Å². The standard InChI is InChI=1S/C27H28N4O3S/c1-18(2)14-15-35(33,34)27-25-28-16-24(31(25)17-23(30-27)19-6-4-3-5-7-19)20-8-10-21(11-9-20)26(32)29-22-12-13-22/h3-11,16-18,22H,12-15H2,1-2H3,(H,29,32). The summed E-state index contributed by atoms with van der Waals surface area (Å²) in [5.41, 5.74) is 3.84. The van der Waals surface area contributed by atoms with E-state index in [1.54, 1.807) is 22.7 Å². The first kappa shape index (κ1) is 23.2. The average Bonchev–Trinajstić information content (AvgIpc) is 3.58. The summed E-state index contributed by atoms with van der Waals surface area (Å²) in [6.45, 7) is 4.00. The zero-order valence-electron chi connectivity index (χ0n) is 19.8. The number of fused-ring (bicyclic) bond motifs is 1. The molecule has 2 aromatic heterocycles. The van der Waals surface area contributed by atoms with Crippen LogP contribution in [-0.4, -0.2) is 40.5 Å².